The molecule has 0 saturated heterocycles. The van der Waals surface area contributed by atoms with Gasteiger partial charge in [-0.25, -0.2) is 0 Å². The second kappa shape index (κ2) is 6.85. The third-order valence-corrected chi connectivity index (χ3v) is 3.29. The van der Waals surface area contributed by atoms with Crippen molar-refractivity contribution >= 4 is 22.9 Å². The van der Waals surface area contributed by atoms with Crippen molar-refractivity contribution in [1.82, 2.24) is 4.98 Å². The molecule has 0 aliphatic rings. The molecule has 0 aromatic carbocycles. The zero-order chi connectivity index (χ0) is 14.4. The van der Waals surface area contributed by atoms with Crippen molar-refractivity contribution in [3.8, 4) is 11.8 Å². The molecule has 0 spiro atoms. The van der Waals surface area contributed by atoms with E-state index in [-0.39, 0.29) is 12.5 Å². The van der Waals surface area contributed by atoms with Gasteiger partial charge in [0.2, 0.25) is 0 Å². The topological polar surface area (TPSA) is 62.2 Å². The van der Waals surface area contributed by atoms with Crippen LogP contribution in [-0.2, 0) is 0 Å². The molecule has 2 N–H and O–H groups in total. The van der Waals surface area contributed by atoms with E-state index in [9.17, 15) is 4.79 Å². The van der Waals surface area contributed by atoms with Gasteiger partial charge in [0, 0.05) is 18.0 Å². The molecule has 0 saturated carbocycles. The summed E-state index contributed by atoms with van der Waals surface area (Å²) in [6.45, 7) is 1.97. The summed E-state index contributed by atoms with van der Waals surface area (Å²) in [6.07, 6.45) is 3.78. The predicted molar refractivity (Wildman–Crippen MR) is 79.8 cm³/mol. The third kappa shape index (κ3) is 3.92. The number of hydrogen-bond acceptors (Lipinski definition) is 4. The summed E-state index contributed by atoms with van der Waals surface area (Å²) in [6, 6.07) is 3.60. The first-order valence-electron chi connectivity index (χ1n) is 6.10. The number of aliphatic hydroxyl groups is 1. The summed E-state index contributed by atoms with van der Waals surface area (Å²) < 4.78 is 0. The minimum atomic E-state index is -0.177. The summed E-state index contributed by atoms with van der Waals surface area (Å²) in [5.41, 5.74) is 2.24. The van der Waals surface area contributed by atoms with Crippen molar-refractivity contribution in [2.75, 3.05) is 11.9 Å². The molecular weight excluding hydrogens is 272 g/mol. The molecule has 0 atom stereocenters. The Hall–Kier alpha value is -2.16. The minimum Gasteiger partial charge on any atom is -0.395 e. The maximum atomic E-state index is 12.0. The molecule has 0 radical (unpaired) electrons. The Kier molecular flexibility index (Phi) is 4.88. The molecular formula is C15H14N2O2S. The van der Waals surface area contributed by atoms with Gasteiger partial charge < -0.3 is 10.4 Å². The van der Waals surface area contributed by atoms with E-state index in [1.807, 2.05) is 13.0 Å². The fourth-order valence-electron chi connectivity index (χ4n) is 1.55. The first-order valence-corrected chi connectivity index (χ1v) is 6.98. The van der Waals surface area contributed by atoms with Gasteiger partial charge >= 0.3 is 0 Å². The van der Waals surface area contributed by atoms with E-state index in [1.54, 1.807) is 23.8 Å². The quantitative estimate of drug-likeness (QED) is 0.852. The number of nitrogens with one attached hydrogen (secondary N) is 1. The number of pyridine rings is 1. The van der Waals surface area contributed by atoms with Gasteiger partial charge in [0.1, 0.15) is 0 Å². The molecule has 2 aromatic rings. The van der Waals surface area contributed by atoms with E-state index in [0.29, 0.717) is 17.7 Å². The van der Waals surface area contributed by atoms with Gasteiger partial charge in [0.05, 0.1) is 28.9 Å². The number of nitrogens with zero attached hydrogens (tertiary/aromatic N) is 1. The second-order valence-electron chi connectivity index (χ2n) is 4.18. The van der Waals surface area contributed by atoms with Crippen LogP contribution in [0.2, 0.25) is 0 Å². The second-order valence-corrected chi connectivity index (χ2v) is 5.09. The Labute approximate surface area is 121 Å². The summed E-state index contributed by atoms with van der Waals surface area (Å²) in [5, 5.41) is 13.2. The van der Waals surface area contributed by atoms with Crippen LogP contribution in [-0.4, -0.2) is 22.6 Å². The van der Waals surface area contributed by atoms with Crippen LogP contribution < -0.4 is 5.32 Å². The largest absolute Gasteiger partial charge is 0.395 e. The zero-order valence-electron chi connectivity index (χ0n) is 11.0. The average molecular weight is 286 g/mol. The van der Waals surface area contributed by atoms with E-state index >= 15 is 0 Å². The van der Waals surface area contributed by atoms with Crippen LogP contribution in [0.5, 0.6) is 0 Å². The highest BCUT2D eigenvalue weighted by Crippen LogP contribution is 2.16. The molecule has 2 rings (SSSR count). The molecule has 4 nitrogen and oxygen atoms in total. The summed E-state index contributed by atoms with van der Waals surface area (Å²) in [5.74, 6) is 5.56. The van der Waals surface area contributed by atoms with Crippen LogP contribution in [0.25, 0.3) is 0 Å². The lowest BCUT2D eigenvalue weighted by molar-refractivity contribution is 0.102. The molecule has 2 aromatic heterocycles. The standard InChI is InChI=1S/C15H14N2O2S/c1-11-6-13(9-16-8-11)17-15(19)12-7-14(20-10-12)4-2-3-5-18/h6-10,18H,3,5H2,1H3,(H,17,19). The Morgan fingerprint density at radius 2 is 2.30 bits per heavy atom. The van der Waals surface area contributed by atoms with E-state index in [0.717, 1.165) is 10.4 Å². The summed E-state index contributed by atoms with van der Waals surface area (Å²) in [7, 11) is 0. The van der Waals surface area contributed by atoms with Crippen LogP contribution in [0.1, 0.15) is 27.2 Å². The predicted octanol–water partition coefficient (Wildman–Crippen LogP) is 2.44. The molecule has 20 heavy (non-hydrogen) atoms. The van der Waals surface area contributed by atoms with Gasteiger partial charge in [0.25, 0.3) is 5.91 Å². The maximum absolute atomic E-state index is 12.0. The van der Waals surface area contributed by atoms with Gasteiger partial charge in [-0.05, 0) is 24.6 Å². The number of anilines is 1. The molecule has 0 aliphatic carbocycles. The van der Waals surface area contributed by atoms with Crippen molar-refractivity contribution in [1.29, 1.82) is 0 Å². The number of carbonyl (C=O) groups is 1. The number of carbonyl (C=O) groups excluding carboxylic acids is 1. The third-order valence-electron chi connectivity index (χ3n) is 2.44. The summed E-state index contributed by atoms with van der Waals surface area (Å²) in [4.78, 5) is 16.9. The van der Waals surface area contributed by atoms with Gasteiger partial charge in [-0.2, -0.15) is 0 Å². The lowest BCUT2D eigenvalue weighted by Crippen LogP contribution is -2.11. The number of amides is 1. The van der Waals surface area contributed by atoms with Crippen molar-refractivity contribution in [3.05, 3.63) is 45.9 Å². The molecule has 2 heterocycles. The van der Waals surface area contributed by atoms with Crippen LogP contribution in [0, 0.1) is 18.8 Å². The van der Waals surface area contributed by atoms with Crippen LogP contribution in [0.3, 0.4) is 0 Å². The maximum Gasteiger partial charge on any atom is 0.256 e. The molecule has 0 unspecified atom stereocenters. The molecule has 5 heteroatoms. The number of aliphatic hydroxyl groups excluding tert-OH is 1. The van der Waals surface area contributed by atoms with E-state index in [4.69, 9.17) is 5.11 Å². The Morgan fingerprint density at radius 3 is 3.05 bits per heavy atom. The van der Waals surface area contributed by atoms with Crippen molar-refractivity contribution in [2.45, 2.75) is 13.3 Å². The highest BCUT2D eigenvalue weighted by atomic mass is 32.1. The molecule has 1 amide bonds. The summed E-state index contributed by atoms with van der Waals surface area (Å²) >= 11 is 1.41. The smallest absolute Gasteiger partial charge is 0.256 e. The SMILES string of the molecule is Cc1cncc(NC(=O)c2csc(C#CCCO)c2)c1. The lowest BCUT2D eigenvalue weighted by Gasteiger charge is -2.03. The van der Waals surface area contributed by atoms with Gasteiger partial charge in [-0.3, -0.25) is 9.78 Å². The fraction of sp³-hybridized carbons (Fsp3) is 0.200. The lowest BCUT2D eigenvalue weighted by atomic mass is 10.2. The highest BCUT2D eigenvalue weighted by molar-refractivity contribution is 7.10. The monoisotopic (exact) mass is 286 g/mol. The number of aromatic nitrogens is 1. The normalized spacial score (nSPS) is 9.70. The highest BCUT2D eigenvalue weighted by Gasteiger charge is 2.08. The minimum absolute atomic E-state index is 0.0477. The first kappa shape index (κ1) is 14.3. The van der Waals surface area contributed by atoms with Crippen molar-refractivity contribution in [2.24, 2.45) is 0 Å². The number of aryl methyl sites for hydroxylation is 1. The van der Waals surface area contributed by atoms with Crippen molar-refractivity contribution < 1.29 is 9.90 Å². The Bertz CT molecular complexity index is 668. The zero-order valence-corrected chi connectivity index (χ0v) is 11.8. The molecule has 0 fully saturated rings. The number of hydrogen-bond donors (Lipinski definition) is 2. The molecule has 0 aliphatic heterocycles. The van der Waals surface area contributed by atoms with E-state index in [2.05, 4.69) is 22.1 Å². The Balaban J connectivity index is 2.05. The van der Waals surface area contributed by atoms with Gasteiger partial charge in [-0.1, -0.05) is 11.8 Å². The number of rotatable bonds is 3. The van der Waals surface area contributed by atoms with E-state index < -0.39 is 0 Å². The van der Waals surface area contributed by atoms with Gasteiger partial charge in [-0.15, -0.1) is 11.3 Å². The van der Waals surface area contributed by atoms with Crippen LogP contribution in [0.15, 0.2) is 29.9 Å². The average Bonchev–Trinajstić information content (AvgIpc) is 2.88. The van der Waals surface area contributed by atoms with Crippen molar-refractivity contribution in [3.63, 3.8) is 0 Å². The first-order chi connectivity index (χ1) is 9.69. The molecule has 102 valence electrons. The van der Waals surface area contributed by atoms with Crippen LogP contribution >= 0.6 is 11.3 Å². The Morgan fingerprint density at radius 1 is 1.45 bits per heavy atom. The number of thiophene rings is 1. The van der Waals surface area contributed by atoms with E-state index in [1.165, 1.54) is 11.3 Å². The fourth-order valence-corrected chi connectivity index (χ4v) is 2.31. The molecule has 0 bridgehead atoms. The van der Waals surface area contributed by atoms with Gasteiger partial charge in [0.15, 0.2) is 0 Å². The van der Waals surface area contributed by atoms with Crippen LogP contribution in [0.4, 0.5) is 5.69 Å².